The molecule has 0 saturated heterocycles. The summed E-state index contributed by atoms with van der Waals surface area (Å²) in [6.07, 6.45) is -4.92. The van der Waals surface area contributed by atoms with Gasteiger partial charge in [-0.1, -0.05) is 72.8 Å². The molecule has 0 spiro atoms. The number of carboxylic acid groups (broad SMARTS) is 1. The average Bonchev–Trinajstić information content (AvgIpc) is 2.89. The molecule has 37 heavy (non-hydrogen) atoms. The summed E-state index contributed by atoms with van der Waals surface area (Å²) in [5.41, 5.74) is -0.963. The van der Waals surface area contributed by atoms with E-state index in [0.717, 1.165) is 17.7 Å². The summed E-state index contributed by atoms with van der Waals surface area (Å²) < 4.78 is 52.3. The van der Waals surface area contributed by atoms with Crippen LogP contribution in [0.5, 0.6) is 6.01 Å². The summed E-state index contributed by atoms with van der Waals surface area (Å²) in [6.45, 7) is 1.63. The number of halogens is 3. The Hall–Kier alpha value is -4.24. The van der Waals surface area contributed by atoms with Gasteiger partial charge in [0.25, 0.3) is 0 Å². The van der Waals surface area contributed by atoms with Gasteiger partial charge in [-0.2, -0.15) is 13.2 Å². The van der Waals surface area contributed by atoms with Crippen LogP contribution in [-0.2, 0) is 27.9 Å². The SMILES string of the molecule is Cc1ccnc(O[C@@H](C(=O)O)[C@@](OCc2ccccc2)(c2ccccc2)c2ccc(C(F)(F)F)cc2)n1. The third kappa shape index (κ3) is 5.78. The van der Waals surface area contributed by atoms with Gasteiger partial charge in [0.15, 0.2) is 5.60 Å². The van der Waals surface area contributed by atoms with Gasteiger partial charge in [0.1, 0.15) is 0 Å². The molecule has 0 unspecified atom stereocenters. The standard InChI is InChI=1S/C28H23F3N2O4/c1-19-16-17-32-26(33-19)37-24(25(34)35)27(21-10-6-3-7-11-21,36-18-20-8-4-2-5-9-20)22-12-14-23(15-13-22)28(29,30)31/h2-17,24H,18H2,1H3,(H,34,35)/t24-,27+/m0/s1. The molecule has 0 radical (unpaired) electrons. The first-order chi connectivity index (χ1) is 17.7. The molecule has 0 amide bonds. The van der Waals surface area contributed by atoms with Gasteiger partial charge in [-0.15, -0.1) is 0 Å². The highest BCUT2D eigenvalue weighted by Gasteiger charge is 2.50. The molecule has 0 aliphatic heterocycles. The zero-order valence-corrected chi connectivity index (χ0v) is 19.7. The molecule has 1 aromatic heterocycles. The van der Waals surface area contributed by atoms with Crippen molar-refractivity contribution in [3.05, 3.63) is 125 Å². The number of carboxylic acids is 1. The maximum Gasteiger partial charge on any atom is 0.416 e. The van der Waals surface area contributed by atoms with E-state index < -0.39 is 29.4 Å². The number of nitrogens with zero attached hydrogens (tertiary/aromatic N) is 2. The molecule has 190 valence electrons. The normalized spacial score (nSPS) is 13.9. The average molecular weight is 508 g/mol. The molecular weight excluding hydrogens is 485 g/mol. The minimum absolute atomic E-state index is 0.0570. The van der Waals surface area contributed by atoms with Crippen molar-refractivity contribution in [2.45, 2.75) is 31.4 Å². The fourth-order valence-corrected chi connectivity index (χ4v) is 3.97. The molecule has 4 aromatic rings. The lowest BCUT2D eigenvalue weighted by atomic mass is 9.80. The van der Waals surface area contributed by atoms with E-state index in [1.54, 1.807) is 67.6 Å². The number of aliphatic carboxylic acids is 1. The molecule has 0 fully saturated rings. The van der Waals surface area contributed by atoms with Crippen LogP contribution in [0.3, 0.4) is 0 Å². The van der Waals surface area contributed by atoms with Crippen LogP contribution in [0.1, 0.15) is 27.9 Å². The zero-order chi connectivity index (χ0) is 26.5. The van der Waals surface area contributed by atoms with Crippen LogP contribution in [0, 0.1) is 6.92 Å². The molecule has 6 nitrogen and oxygen atoms in total. The molecule has 4 rings (SSSR count). The van der Waals surface area contributed by atoms with Crippen molar-refractivity contribution in [2.24, 2.45) is 0 Å². The third-order valence-corrected chi connectivity index (χ3v) is 5.74. The fourth-order valence-electron chi connectivity index (χ4n) is 3.97. The van der Waals surface area contributed by atoms with Crippen molar-refractivity contribution >= 4 is 5.97 Å². The molecule has 0 saturated carbocycles. The quantitative estimate of drug-likeness (QED) is 0.308. The van der Waals surface area contributed by atoms with E-state index in [1.165, 1.54) is 18.3 Å². The summed E-state index contributed by atoms with van der Waals surface area (Å²) in [4.78, 5) is 21.0. The van der Waals surface area contributed by atoms with Gasteiger partial charge < -0.3 is 14.6 Å². The molecular formula is C28H23F3N2O4. The molecule has 9 heteroatoms. The maximum absolute atomic E-state index is 13.4. The van der Waals surface area contributed by atoms with Crippen LogP contribution in [0.25, 0.3) is 0 Å². The van der Waals surface area contributed by atoms with E-state index in [9.17, 15) is 23.1 Å². The Morgan fingerprint density at radius 1 is 0.865 bits per heavy atom. The van der Waals surface area contributed by atoms with Gasteiger partial charge in [0, 0.05) is 11.9 Å². The van der Waals surface area contributed by atoms with Crippen molar-refractivity contribution in [1.82, 2.24) is 9.97 Å². The van der Waals surface area contributed by atoms with Crippen molar-refractivity contribution < 1.29 is 32.5 Å². The Bertz CT molecular complexity index is 1330. The number of carbonyl (C=O) groups is 1. The highest BCUT2D eigenvalue weighted by Crippen LogP contribution is 2.41. The highest BCUT2D eigenvalue weighted by atomic mass is 19.4. The van der Waals surface area contributed by atoms with Crippen LogP contribution in [0.2, 0.25) is 0 Å². The molecule has 1 N–H and O–H groups in total. The Morgan fingerprint density at radius 2 is 1.43 bits per heavy atom. The van der Waals surface area contributed by atoms with E-state index in [1.807, 2.05) is 6.07 Å². The lowest BCUT2D eigenvalue weighted by Crippen LogP contribution is -2.51. The predicted molar refractivity (Wildman–Crippen MR) is 129 cm³/mol. The maximum atomic E-state index is 13.4. The highest BCUT2D eigenvalue weighted by molar-refractivity contribution is 5.76. The molecule has 0 bridgehead atoms. The fraction of sp³-hybridized carbons (Fsp3) is 0.179. The second kappa shape index (κ2) is 10.8. The topological polar surface area (TPSA) is 81.5 Å². The second-order valence-corrected chi connectivity index (χ2v) is 8.27. The first kappa shape index (κ1) is 25.8. The van der Waals surface area contributed by atoms with Gasteiger partial charge in [0.2, 0.25) is 6.10 Å². The zero-order valence-electron chi connectivity index (χ0n) is 19.7. The first-order valence-corrected chi connectivity index (χ1v) is 11.3. The summed E-state index contributed by atoms with van der Waals surface area (Å²) in [5.74, 6) is -1.41. The number of hydrogen-bond acceptors (Lipinski definition) is 5. The van der Waals surface area contributed by atoms with Crippen molar-refractivity contribution in [3.63, 3.8) is 0 Å². The number of aromatic nitrogens is 2. The van der Waals surface area contributed by atoms with Gasteiger partial charge >= 0.3 is 18.2 Å². The number of alkyl halides is 3. The largest absolute Gasteiger partial charge is 0.478 e. The lowest BCUT2D eigenvalue weighted by molar-refractivity contribution is -0.166. The summed E-state index contributed by atoms with van der Waals surface area (Å²) in [6, 6.07) is 23.0. The van der Waals surface area contributed by atoms with Gasteiger partial charge in [-0.05, 0) is 41.8 Å². The van der Waals surface area contributed by atoms with Crippen LogP contribution < -0.4 is 4.74 Å². The molecule has 2 atom stereocenters. The van der Waals surface area contributed by atoms with Crippen molar-refractivity contribution in [3.8, 4) is 6.01 Å². The number of ether oxygens (including phenoxy) is 2. The molecule has 3 aromatic carbocycles. The van der Waals surface area contributed by atoms with E-state index in [4.69, 9.17) is 9.47 Å². The number of aryl methyl sites for hydroxylation is 1. The number of benzene rings is 3. The Morgan fingerprint density at radius 3 is 2.00 bits per heavy atom. The van der Waals surface area contributed by atoms with Crippen LogP contribution in [0.4, 0.5) is 13.2 Å². The van der Waals surface area contributed by atoms with Gasteiger partial charge in [-0.25, -0.2) is 14.8 Å². The monoisotopic (exact) mass is 508 g/mol. The summed E-state index contributed by atoms with van der Waals surface area (Å²) >= 11 is 0. The van der Waals surface area contributed by atoms with Crippen molar-refractivity contribution in [2.75, 3.05) is 0 Å². The van der Waals surface area contributed by atoms with Gasteiger partial charge in [-0.3, -0.25) is 0 Å². The number of hydrogen-bond donors (Lipinski definition) is 1. The van der Waals surface area contributed by atoms with Crippen LogP contribution >= 0.6 is 0 Å². The van der Waals surface area contributed by atoms with Gasteiger partial charge in [0.05, 0.1) is 12.2 Å². The van der Waals surface area contributed by atoms with E-state index in [-0.39, 0.29) is 18.2 Å². The summed E-state index contributed by atoms with van der Waals surface area (Å²) in [7, 11) is 0. The van der Waals surface area contributed by atoms with Crippen LogP contribution in [-0.4, -0.2) is 27.1 Å². The van der Waals surface area contributed by atoms with Crippen molar-refractivity contribution in [1.29, 1.82) is 0 Å². The summed E-state index contributed by atoms with van der Waals surface area (Å²) in [5, 5.41) is 10.4. The molecule has 0 aliphatic rings. The Kier molecular flexibility index (Phi) is 7.54. The van der Waals surface area contributed by atoms with E-state index >= 15 is 0 Å². The molecule has 0 aliphatic carbocycles. The second-order valence-electron chi connectivity index (χ2n) is 8.27. The Balaban J connectivity index is 1.92. The van der Waals surface area contributed by atoms with Crippen LogP contribution in [0.15, 0.2) is 97.2 Å². The predicted octanol–water partition coefficient (Wildman–Crippen LogP) is 5.80. The molecule has 1 heterocycles. The smallest absolute Gasteiger partial charge is 0.416 e. The number of rotatable bonds is 9. The van der Waals surface area contributed by atoms with E-state index in [0.29, 0.717) is 11.3 Å². The minimum Gasteiger partial charge on any atom is -0.478 e. The third-order valence-electron chi connectivity index (χ3n) is 5.74. The Labute approximate surface area is 211 Å². The first-order valence-electron chi connectivity index (χ1n) is 11.3. The lowest BCUT2D eigenvalue weighted by Gasteiger charge is -2.39. The van der Waals surface area contributed by atoms with E-state index in [2.05, 4.69) is 9.97 Å². The minimum atomic E-state index is -4.57.